The Morgan fingerprint density at radius 3 is 2.90 bits per heavy atom. The van der Waals surface area contributed by atoms with Crippen LogP contribution in [0.3, 0.4) is 0 Å². The van der Waals surface area contributed by atoms with Crippen LogP contribution in [0.25, 0.3) is 32.8 Å². The van der Waals surface area contributed by atoms with Crippen molar-refractivity contribution in [2.45, 2.75) is 6.92 Å². The van der Waals surface area contributed by atoms with Gasteiger partial charge in [0, 0.05) is 24.9 Å². The second-order valence-electron chi connectivity index (χ2n) is 4.93. The molecule has 0 saturated carbocycles. The van der Waals surface area contributed by atoms with Gasteiger partial charge in [-0.2, -0.15) is 0 Å². The number of benzene rings is 2. The molecule has 0 aliphatic rings. The molecule has 0 saturated heterocycles. The van der Waals surface area contributed by atoms with Gasteiger partial charge in [0.1, 0.15) is 0 Å². The van der Waals surface area contributed by atoms with Gasteiger partial charge in [-0.05, 0) is 59.3 Å². The van der Waals surface area contributed by atoms with E-state index >= 15 is 0 Å². The third kappa shape index (κ3) is 1.66. The van der Waals surface area contributed by atoms with Crippen LogP contribution < -0.4 is 0 Å². The summed E-state index contributed by atoms with van der Waals surface area (Å²) in [5, 5.41) is 3.03. The second kappa shape index (κ2) is 4.33. The van der Waals surface area contributed by atoms with Crippen LogP contribution in [0.15, 0.2) is 36.4 Å². The van der Waals surface area contributed by atoms with E-state index in [0.29, 0.717) is 0 Å². The molecule has 0 radical (unpaired) electrons. The SMILES string of the molecule is Cc1cccc2nc3c([nH]c4ccc(Cl)cc43)c(I)c12. The number of halogens is 2. The van der Waals surface area contributed by atoms with Crippen LogP contribution in [-0.2, 0) is 0 Å². The van der Waals surface area contributed by atoms with Crippen LogP contribution in [0.1, 0.15) is 5.56 Å². The summed E-state index contributed by atoms with van der Waals surface area (Å²) in [6.07, 6.45) is 0. The minimum absolute atomic E-state index is 0.736. The smallest absolute Gasteiger partial charge is 0.0976 e. The monoisotopic (exact) mass is 392 g/mol. The fraction of sp³-hybridized carbons (Fsp3) is 0.0625. The van der Waals surface area contributed by atoms with E-state index in [1.54, 1.807) is 0 Å². The van der Waals surface area contributed by atoms with E-state index in [4.69, 9.17) is 16.6 Å². The predicted octanol–water partition coefficient (Wildman–Crippen LogP) is 5.44. The highest BCUT2D eigenvalue weighted by Gasteiger charge is 2.13. The highest BCUT2D eigenvalue weighted by Crippen LogP contribution is 2.34. The molecule has 0 spiro atoms. The third-order valence-corrected chi connectivity index (χ3v) is 4.97. The average Bonchev–Trinajstić information content (AvgIpc) is 2.78. The molecule has 0 unspecified atom stereocenters. The van der Waals surface area contributed by atoms with Crippen molar-refractivity contribution in [2.75, 3.05) is 0 Å². The molecule has 1 N–H and O–H groups in total. The highest BCUT2D eigenvalue weighted by atomic mass is 127. The molecule has 0 atom stereocenters. The number of rotatable bonds is 0. The van der Waals surface area contributed by atoms with Gasteiger partial charge < -0.3 is 4.98 Å². The summed E-state index contributed by atoms with van der Waals surface area (Å²) in [7, 11) is 0. The molecule has 98 valence electrons. The lowest BCUT2D eigenvalue weighted by atomic mass is 10.1. The lowest BCUT2D eigenvalue weighted by Gasteiger charge is -2.05. The summed E-state index contributed by atoms with van der Waals surface area (Å²) in [6.45, 7) is 2.12. The summed E-state index contributed by atoms with van der Waals surface area (Å²) in [5.41, 5.74) is 5.43. The van der Waals surface area contributed by atoms with E-state index in [1.807, 2.05) is 18.2 Å². The lowest BCUT2D eigenvalue weighted by Crippen LogP contribution is -1.88. The molecule has 4 rings (SSSR count). The van der Waals surface area contributed by atoms with Crippen LogP contribution >= 0.6 is 34.2 Å². The number of H-pyrrole nitrogens is 1. The van der Waals surface area contributed by atoms with Crippen LogP contribution in [0, 0.1) is 10.5 Å². The first-order valence-electron chi connectivity index (χ1n) is 6.31. The summed E-state index contributed by atoms with van der Waals surface area (Å²) in [4.78, 5) is 8.30. The zero-order valence-corrected chi connectivity index (χ0v) is 13.6. The minimum Gasteiger partial charge on any atom is -0.352 e. The van der Waals surface area contributed by atoms with Gasteiger partial charge in [-0.1, -0.05) is 23.7 Å². The molecule has 20 heavy (non-hydrogen) atoms. The topological polar surface area (TPSA) is 28.7 Å². The average molecular weight is 393 g/mol. The number of aromatic amines is 1. The van der Waals surface area contributed by atoms with Gasteiger partial charge >= 0.3 is 0 Å². The number of aromatic nitrogens is 2. The number of nitrogens with zero attached hydrogens (tertiary/aromatic N) is 1. The molecule has 0 aliphatic heterocycles. The fourth-order valence-electron chi connectivity index (χ4n) is 2.70. The van der Waals surface area contributed by atoms with Gasteiger partial charge in [0.15, 0.2) is 0 Å². The molecule has 2 aromatic carbocycles. The van der Waals surface area contributed by atoms with E-state index in [0.717, 1.165) is 32.5 Å². The first-order valence-corrected chi connectivity index (χ1v) is 7.76. The van der Waals surface area contributed by atoms with Crippen molar-refractivity contribution in [1.29, 1.82) is 0 Å². The van der Waals surface area contributed by atoms with Crippen molar-refractivity contribution in [3.05, 3.63) is 50.6 Å². The van der Waals surface area contributed by atoms with Crippen LogP contribution in [0.2, 0.25) is 5.02 Å². The largest absolute Gasteiger partial charge is 0.352 e. The maximum absolute atomic E-state index is 6.12. The second-order valence-corrected chi connectivity index (χ2v) is 6.45. The normalized spacial score (nSPS) is 11.8. The highest BCUT2D eigenvalue weighted by molar-refractivity contribution is 14.1. The molecular formula is C16H10ClIN2. The van der Waals surface area contributed by atoms with Crippen molar-refractivity contribution in [3.8, 4) is 0 Å². The molecule has 0 aliphatic carbocycles. The van der Waals surface area contributed by atoms with E-state index < -0.39 is 0 Å². The Balaban J connectivity index is 2.30. The summed E-state index contributed by atoms with van der Waals surface area (Å²) in [6, 6.07) is 12.1. The zero-order valence-electron chi connectivity index (χ0n) is 10.7. The maximum Gasteiger partial charge on any atom is 0.0976 e. The summed E-state index contributed by atoms with van der Waals surface area (Å²) < 4.78 is 1.22. The van der Waals surface area contributed by atoms with E-state index in [9.17, 15) is 0 Å². The van der Waals surface area contributed by atoms with Crippen molar-refractivity contribution < 1.29 is 0 Å². The molecular weight excluding hydrogens is 383 g/mol. The van der Waals surface area contributed by atoms with Crippen molar-refractivity contribution in [1.82, 2.24) is 9.97 Å². The quantitative estimate of drug-likeness (QED) is 0.397. The molecule has 2 heterocycles. The molecule has 4 aromatic rings. The van der Waals surface area contributed by atoms with Crippen LogP contribution in [0.4, 0.5) is 0 Å². The molecule has 0 fully saturated rings. The molecule has 0 bridgehead atoms. The summed E-state index contributed by atoms with van der Waals surface area (Å²) in [5.74, 6) is 0. The van der Waals surface area contributed by atoms with Gasteiger partial charge in [-0.3, -0.25) is 0 Å². The lowest BCUT2D eigenvalue weighted by molar-refractivity contribution is 1.44. The Morgan fingerprint density at radius 2 is 2.05 bits per heavy atom. The number of pyridine rings is 1. The van der Waals surface area contributed by atoms with Gasteiger partial charge in [0.25, 0.3) is 0 Å². The van der Waals surface area contributed by atoms with Crippen molar-refractivity contribution in [3.63, 3.8) is 0 Å². The van der Waals surface area contributed by atoms with Crippen LogP contribution in [0.5, 0.6) is 0 Å². The maximum atomic E-state index is 6.12. The summed E-state index contributed by atoms with van der Waals surface area (Å²) >= 11 is 8.52. The Morgan fingerprint density at radius 1 is 1.20 bits per heavy atom. The Labute approximate surface area is 134 Å². The van der Waals surface area contributed by atoms with Gasteiger partial charge in [0.2, 0.25) is 0 Å². The van der Waals surface area contributed by atoms with Crippen LogP contribution in [-0.4, -0.2) is 9.97 Å². The number of nitrogens with one attached hydrogen (secondary N) is 1. The Hall–Kier alpha value is -1.33. The van der Waals surface area contributed by atoms with E-state index in [-0.39, 0.29) is 0 Å². The first-order chi connectivity index (χ1) is 9.65. The van der Waals surface area contributed by atoms with E-state index in [1.165, 1.54) is 14.5 Å². The van der Waals surface area contributed by atoms with Crippen molar-refractivity contribution in [2.24, 2.45) is 0 Å². The fourth-order valence-corrected chi connectivity index (χ4v) is 3.97. The standard InChI is InChI=1S/C16H10ClIN2/c1-8-3-2-4-12-13(8)14(18)16-15(20-12)10-7-9(17)5-6-11(10)19-16/h2-7,19H,1H3. The zero-order chi connectivity index (χ0) is 13.9. The van der Waals surface area contributed by atoms with Gasteiger partial charge in [0.05, 0.1) is 16.6 Å². The molecule has 2 nitrogen and oxygen atoms in total. The Bertz CT molecular complexity index is 988. The Kier molecular flexibility index (Phi) is 2.69. The molecule has 4 heteroatoms. The number of fused-ring (bicyclic) bond motifs is 4. The number of aryl methyl sites for hydroxylation is 1. The van der Waals surface area contributed by atoms with Gasteiger partial charge in [-0.15, -0.1) is 0 Å². The number of hydrogen-bond donors (Lipinski definition) is 1. The third-order valence-electron chi connectivity index (χ3n) is 3.66. The molecule has 2 aromatic heterocycles. The number of hydrogen-bond acceptors (Lipinski definition) is 1. The first kappa shape index (κ1) is 12.4. The minimum atomic E-state index is 0.736. The van der Waals surface area contributed by atoms with Gasteiger partial charge in [-0.25, -0.2) is 4.98 Å². The van der Waals surface area contributed by atoms with Crippen molar-refractivity contribution >= 4 is 67.0 Å². The van der Waals surface area contributed by atoms with E-state index in [2.05, 4.69) is 52.7 Å². The predicted molar refractivity (Wildman–Crippen MR) is 93.6 cm³/mol. The molecule has 0 amide bonds.